The van der Waals surface area contributed by atoms with Gasteiger partial charge in [0.2, 0.25) is 0 Å². The number of rotatable bonds is 3. The van der Waals surface area contributed by atoms with Crippen LogP contribution in [0.25, 0.3) is 0 Å². The molecule has 0 saturated heterocycles. The molecule has 13 heavy (non-hydrogen) atoms. The fraction of sp³-hybridized carbons (Fsp3) is 0.250. The number of hydrogen-bond donors (Lipinski definition) is 2. The third-order valence-electron chi connectivity index (χ3n) is 1.50. The van der Waals surface area contributed by atoms with Crippen LogP contribution < -0.4 is 11.2 Å². The van der Waals surface area contributed by atoms with Crippen molar-refractivity contribution in [2.24, 2.45) is 10.9 Å². The molecular formula is C8H11N3O2. The second-order valence-corrected chi connectivity index (χ2v) is 2.37. The van der Waals surface area contributed by atoms with E-state index in [-0.39, 0.29) is 11.7 Å². The Labute approximate surface area is 75.6 Å². The SMILES string of the molecule is CCc1ccc(C(=O)NC=NN)o1. The summed E-state index contributed by atoms with van der Waals surface area (Å²) >= 11 is 0. The summed E-state index contributed by atoms with van der Waals surface area (Å²) in [6.45, 7) is 1.95. The number of nitrogens with one attached hydrogen (secondary N) is 1. The molecule has 0 aliphatic heterocycles. The van der Waals surface area contributed by atoms with Gasteiger partial charge in [0, 0.05) is 6.42 Å². The van der Waals surface area contributed by atoms with Crippen LogP contribution in [0.1, 0.15) is 23.2 Å². The van der Waals surface area contributed by atoms with Crippen molar-refractivity contribution in [2.75, 3.05) is 0 Å². The largest absolute Gasteiger partial charge is 0.456 e. The number of carbonyl (C=O) groups excluding carboxylic acids is 1. The summed E-state index contributed by atoms with van der Waals surface area (Å²) in [5, 5.41) is 5.47. The van der Waals surface area contributed by atoms with E-state index in [0.717, 1.165) is 18.5 Å². The average Bonchev–Trinajstić information content (AvgIpc) is 2.62. The van der Waals surface area contributed by atoms with Crippen molar-refractivity contribution in [2.45, 2.75) is 13.3 Å². The quantitative estimate of drug-likeness (QED) is 0.308. The first-order chi connectivity index (χ1) is 6.27. The molecule has 0 spiro atoms. The number of carbonyl (C=O) groups is 1. The van der Waals surface area contributed by atoms with Crippen molar-refractivity contribution in [3.63, 3.8) is 0 Å². The smallest absolute Gasteiger partial charge is 0.292 e. The van der Waals surface area contributed by atoms with Gasteiger partial charge in [0.15, 0.2) is 5.76 Å². The minimum atomic E-state index is -0.353. The normalized spacial score (nSPS) is 10.5. The number of amides is 1. The molecule has 1 heterocycles. The molecule has 0 aromatic carbocycles. The van der Waals surface area contributed by atoms with Crippen LogP contribution in [-0.4, -0.2) is 12.2 Å². The Hall–Kier alpha value is -1.78. The van der Waals surface area contributed by atoms with Gasteiger partial charge < -0.3 is 15.6 Å². The highest BCUT2D eigenvalue weighted by molar-refractivity contribution is 5.98. The first kappa shape index (κ1) is 9.31. The van der Waals surface area contributed by atoms with Crippen molar-refractivity contribution in [3.8, 4) is 0 Å². The Morgan fingerprint density at radius 2 is 2.54 bits per heavy atom. The van der Waals surface area contributed by atoms with E-state index in [1.807, 2.05) is 6.92 Å². The molecule has 0 unspecified atom stereocenters. The zero-order chi connectivity index (χ0) is 9.68. The van der Waals surface area contributed by atoms with Gasteiger partial charge in [-0.2, -0.15) is 5.10 Å². The predicted octanol–water partition coefficient (Wildman–Crippen LogP) is 0.474. The molecule has 0 radical (unpaired) electrons. The van der Waals surface area contributed by atoms with Crippen LogP contribution in [0.3, 0.4) is 0 Å². The molecule has 1 rings (SSSR count). The lowest BCUT2D eigenvalue weighted by Crippen LogP contribution is -2.21. The molecule has 0 bridgehead atoms. The van der Waals surface area contributed by atoms with Gasteiger partial charge in [0.1, 0.15) is 12.1 Å². The molecule has 0 aliphatic rings. The molecule has 3 N–H and O–H groups in total. The number of hydrazone groups is 1. The van der Waals surface area contributed by atoms with Crippen LogP contribution in [0.2, 0.25) is 0 Å². The molecule has 5 heteroatoms. The zero-order valence-electron chi connectivity index (χ0n) is 7.28. The zero-order valence-corrected chi connectivity index (χ0v) is 7.28. The van der Waals surface area contributed by atoms with Crippen LogP contribution in [-0.2, 0) is 6.42 Å². The number of nitrogens with two attached hydrogens (primary N) is 1. The Balaban J connectivity index is 2.66. The second-order valence-electron chi connectivity index (χ2n) is 2.37. The maximum Gasteiger partial charge on any atom is 0.292 e. The maximum atomic E-state index is 11.2. The molecule has 1 aromatic rings. The highest BCUT2D eigenvalue weighted by atomic mass is 16.3. The van der Waals surface area contributed by atoms with Crippen LogP contribution in [0, 0.1) is 0 Å². The summed E-state index contributed by atoms with van der Waals surface area (Å²) in [6, 6.07) is 3.37. The summed E-state index contributed by atoms with van der Waals surface area (Å²) in [7, 11) is 0. The van der Waals surface area contributed by atoms with Gasteiger partial charge in [-0.15, -0.1) is 0 Å². The van der Waals surface area contributed by atoms with E-state index in [9.17, 15) is 4.79 Å². The summed E-state index contributed by atoms with van der Waals surface area (Å²) < 4.78 is 5.18. The van der Waals surface area contributed by atoms with Crippen LogP contribution in [0.5, 0.6) is 0 Å². The third kappa shape index (κ3) is 2.33. The summed E-state index contributed by atoms with van der Waals surface area (Å²) in [4.78, 5) is 11.2. The van der Waals surface area contributed by atoms with Crippen LogP contribution in [0.4, 0.5) is 0 Å². The van der Waals surface area contributed by atoms with Gasteiger partial charge >= 0.3 is 0 Å². The van der Waals surface area contributed by atoms with Crippen molar-refractivity contribution < 1.29 is 9.21 Å². The van der Waals surface area contributed by atoms with Gasteiger partial charge in [0.05, 0.1) is 0 Å². The monoisotopic (exact) mass is 181 g/mol. The molecule has 0 fully saturated rings. The first-order valence-electron chi connectivity index (χ1n) is 3.89. The maximum absolute atomic E-state index is 11.2. The summed E-state index contributed by atoms with van der Waals surface area (Å²) in [6.07, 6.45) is 1.87. The van der Waals surface area contributed by atoms with Gasteiger partial charge in [0.25, 0.3) is 5.91 Å². The van der Waals surface area contributed by atoms with E-state index in [4.69, 9.17) is 10.3 Å². The fourth-order valence-electron chi connectivity index (χ4n) is 0.857. The molecular weight excluding hydrogens is 170 g/mol. The lowest BCUT2D eigenvalue weighted by molar-refractivity contribution is 0.0949. The number of nitrogens with zero attached hydrogens (tertiary/aromatic N) is 1. The van der Waals surface area contributed by atoms with Crippen LogP contribution >= 0.6 is 0 Å². The topological polar surface area (TPSA) is 80.6 Å². The molecule has 70 valence electrons. The van der Waals surface area contributed by atoms with E-state index in [0.29, 0.717) is 0 Å². The molecule has 0 saturated carbocycles. The van der Waals surface area contributed by atoms with Crippen molar-refractivity contribution in [1.82, 2.24) is 5.32 Å². The molecule has 0 atom stereocenters. The van der Waals surface area contributed by atoms with Gasteiger partial charge in [-0.05, 0) is 12.1 Å². The van der Waals surface area contributed by atoms with Crippen LogP contribution in [0.15, 0.2) is 21.7 Å². The molecule has 5 nitrogen and oxygen atoms in total. The highest BCUT2D eigenvalue weighted by Crippen LogP contribution is 2.07. The number of hydrogen-bond acceptors (Lipinski definition) is 4. The average molecular weight is 181 g/mol. The van der Waals surface area contributed by atoms with E-state index < -0.39 is 0 Å². The first-order valence-corrected chi connectivity index (χ1v) is 3.89. The van der Waals surface area contributed by atoms with E-state index in [2.05, 4.69) is 10.4 Å². The predicted molar refractivity (Wildman–Crippen MR) is 48.2 cm³/mol. The Morgan fingerprint density at radius 1 is 1.77 bits per heavy atom. The van der Waals surface area contributed by atoms with Gasteiger partial charge in [-0.25, -0.2) is 0 Å². The van der Waals surface area contributed by atoms with Gasteiger partial charge in [-0.3, -0.25) is 4.79 Å². The van der Waals surface area contributed by atoms with Crippen molar-refractivity contribution in [3.05, 3.63) is 23.7 Å². The summed E-state index contributed by atoms with van der Waals surface area (Å²) in [5.41, 5.74) is 0. The van der Waals surface area contributed by atoms with Crippen molar-refractivity contribution in [1.29, 1.82) is 0 Å². The van der Waals surface area contributed by atoms with E-state index >= 15 is 0 Å². The molecule has 0 aliphatic carbocycles. The lowest BCUT2D eigenvalue weighted by Gasteiger charge is -1.93. The Kier molecular flexibility index (Phi) is 3.08. The third-order valence-corrected chi connectivity index (χ3v) is 1.50. The lowest BCUT2D eigenvalue weighted by atomic mass is 10.3. The minimum Gasteiger partial charge on any atom is -0.456 e. The summed E-state index contributed by atoms with van der Waals surface area (Å²) in [5.74, 6) is 5.49. The van der Waals surface area contributed by atoms with E-state index in [1.165, 1.54) is 0 Å². The molecule has 1 amide bonds. The Bertz CT molecular complexity index is 317. The minimum absolute atomic E-state index is 0.261. The fourth-order valence-corrected chi connectivity index (χ4v) is 0.857. The molecule has 1 aromatic heterocycles. The van der Waals surface area contributed by atoms with Gasteiger partial charge in [-0.1, -0.05) is 6.92 Å². The highest BCUT2D eigenvalue weighted by Gasteiger charge is 2.08. The van der Waals surface area contributed by atoms with Crippen molar-refractivity contribution >= 4 is 12.2 Å². The second kappa shape index (κ2) is 4.30. The number of aryl methyl sites for hydroxylation is 1. The van der Waals surface area contributed by atoms with E-state index in [1.54, 1.807) is 12.1 Å². The Morgan fingerprint density at radius 3 is 3.08 bits per heavy atom. The number of furan rings is 1. The standard InChI is InChI=1S/C8H11N3O2/c1-2-6-3-4-7(13-6)8(12)10-5-11-9/h3-5H,2,9H2,1H3,(H,10,11,12).